The van der Waals surface area contributed by atoms with Crippen LogP contribution in [-0.4, -0.2) is 53.2 Å². The average Bonchev–Trinajstić information content (AvgIpc) is 3.11. The normalized spacial score (nSPS) is 14.5. The maximum Gasteiger partial charge on any atom is 0.161 e. The van der Waals surface area contributed by atoms with Gasteiger partial charge in [0.1, 0.15) is 6.21 Å². The molecule has 1 aliphatic heterocycles. The van der Waals surface area contributed by atoms with E-state index < -0.39 is 0 Å². The van der Waals surface area contributed by atoms with Crippen molar-refractivity contribution in [2.24, 2.45) is 5.16 Å². The molecule has 0 radical (unpaired) electrons. The van der Waals surface area contributed by atoms with E-state index in [9.17, 15) is 0 Å². The van der Waals surface area contributed by atoms with E-state index in [-0.39, 0.29) is 0 Å². The van der Waals surface area contributed by atoms with E-state index in [2.05, 4.69) is 27.2 Å². The molecule has 7 heteroatoms. The van der Waals surface area contributed by atoms with Gasteiger partial charge in [0.05, 0.1) is 14.2 Å². The highest BCUT2D eigenvalue weighted by Crippen LogP contribution is 2.33. The fourth-order valence-electron chi connectivity index (χ4n) is 3.44. The molecule has 140 valence electrons. The monoisotopic (exact) mass is 358 g/mol. The number of nitrogens with zero attached hydrogens (tertiary/aromatic N) is 4. The Hall–Kier alpha value is -2.54. The number of oxime groups is 1. The Morgan fingerprint density at radius 2 is 1.88 bits per heavy atom. The molecule has 2 aromatic rings. The number of aryl methyl sites for hydroxylation is 1. The molecule has 7 nitrogen and oxygen atoms in total. The first-order chi connectivity index (χ1) is 12.7. The van der Waals surface area contributed by atoms with Crippen molar-refractivity contribution < 1.29 is 14.7 Å². The SMILES string of the molecule is COc1cc2c(cc1OC)CN(CCCCn1ccnc1/C=N/O)CC2. The van der Waals surface area contributed by atoms with E-state index in [1.807, 2.05) is 10.8 Å². The first-order valence-electron chi connectivity index (χ1n) is 8.90. The predicted octanol–water partition coefficient (Wildman–Crippen LogP) is 2.55. The van der Waals surface area contributed by atoms with Crippen LogP contribution in [0.4, 0.5) is 0 Å². The summed E-state index contributed by atoms with van der Waals surface area (Å²) in [6.45, 7) is 3.95. The molecule has 1 N–H and O–H groups in total. The first kappa shape index (κ1) is 18.3. The molecule has 0 amide bonds. The van der Waals surface area contributed by atoms with Crippen molar-refractivity contribution in [1.29, 1.82) is 0 Å². The number of unbranched alkanes of at least 4 members (excludes halogenated alkanes) is 1. The molecule has 3 rings (SSSR count). The van der Waals surface area contributed by atoms with Crippen molar-refractivity contribution in [3.8, 4) is 11.5 Å². The third-order valence-corrected chi connectivity index (χ3v) is 4.84. The number of benzene rings is 1. The minimum Gasteiger partial charge on any atom is -0.493 e. The molecular formula is C19H26N4O3. The molecule has 0 atom stereocenters. The lowest BCUT2D eigenvalue weighted by Gasteiger charge is -2.29. The molecule has 26 heavy (non-hydrogen) atoms. The van der Waals surface area contributed by atoms with Gasteiger partial charge in [-0.2, -0.15) is 0 Å². The summed E-state index contributed by atoms with van der Waals surface area (Å²) in [6, 6.07) is 4.21. The molecule has 0 saturated heterocycles. The van der Waals surface area contributed by atoms with E-state index in [1.165, 1.54) is 17.3 Å². The van der Waals surface area contributed by atoms with E-state index in [1.54, 1.807) is 20.4 Å². The van der Waals surface area contributed by atoms with Crippen LogP contribution in [0.25, 0.3) is 0 Å². The molecule has 0 spiro atoms. The van der Waals surface area contributed by atoms with Gasteiger partial charge in [-0.05, 0) is 49.1 Å². The zero-order chi connectivity index (χ0) is 18.4. The number of ether oxygens (including phenoxy) is 2. The highest BCUT2D eigenvalue weighted by molar-refractivity contribution is 5.74. The van der Waals surface area contributed by atoms with E-state index in [0.717, 1.165) is 56.9 Å². The Balaban J connectivity index is 1.51. The van der Waals surface area contributed by atoms with Crippen LogP contribution in [0.2, 0.25) is 0 Å². The second-order valence-electron chi connectivity index (χ2n) is 6.43. The van der Waals surface area contributed by atoms with Gasteiger partial charge in [-0.3, -0.25) is 4.90 Å². The van der Waals surface area contributed by atoms with Crippen molar-refractivity contribution in [3.63, 3.8) is 0 Å². The Morgan fingerprint density at radius 1 is 1.15 bits per heavy atom. The van der Waals surface area contributed by atoms with Crippen molar-refractivity contribution in [3.05, 3.63) is 41.5 Å². The molecule has 1 aromatic carbocycles. The summed E-state index contributed by atoms with van der Waals surface area (Å²) < 4.78 is 12.8. The Morgan fingerprint density at radius 3 is 2.62 bits per heavy atom. The van der Waals surface area contributed by atoms with Gasteiger partial charge in [-0.25, -0.2) is 4.98 Å². The van der Waals surface area contributed by atoms with Gasteiger partial charge in [-0.15, -0.1) is 0 Å². The molecule has 0 bridgehead atoms. The van der Waals surface area contributed by atoms with E-state index >= 15 is 0 Å². The first-order valence-corrected chi connectivity index (χ1v) is 8.90. The van der Waals surface area contributed by atoms with Crippen LogP contribution in [0.15, 0.2) is 29.7 Å². The van der Waals surface area contributed by atoms with Crippen LogP contribution >= 0.6 is 0 Å². The number of rotatable bonds is 8. The van der Waals surface area contributed by atoms with Crippen LogP contribution in [-0.2, 0) is 19.5 Å². The molecular weight excluding hydrogens is 332 g/mol. The van der Waals surface area contributed by atoms with Gasteiger partial charge in [0, 0.05) is 32.0 Å². The number of hydrogen-bond acceptors (Lipinski definition) is 6. The number of hydrogen-bond donors (Lipinski definition) is 1. The third-order valence-electron chi connectivity index (χ3n) is 4.84. The summed E-state index contributed by atoms with van der Waals surface area (Å²) >= 11 is 0. The largest absolute Gasteiger partial charge is 0.493 e. The average molecular weight is 358 g/mol. The number of methoxy groups -OCH3 is 2. The Labute approximate surface area is 153 Å². The van der Waals surface area contributed by atoms with E-state index in [0.29, 0.717) is 5.82 Å². The summed E-state index contributed by atoms with van der Waals surface area (Å²) in [5.41, 5.74) is 2.68. The molecule has 2 heterocycles. The Kier molecular flexibility index (Phi) is 6.12. The van der Waals surface area contributed by atoms with Gasteiger partial charge in [0.2, 0.25) is 0 Å². The molecule has 0 fully saturated rings. The highest BCUT2D eigenvalue weighted by Gasteiger charge is 2.19. The van der Waals surface area contributed by atoms with Crippen LogP contribution in [0, 0.1) is 0 Å². The van der Waals surface area contributed by atoms with Gasteiger partial charge in [-0.1, -0.05) is 5.16 Å². The van der Waals surface area contributed by atoms with Crippen LogP contribution in [0.1, 0.15) is 29.8 Å². The number of fused-ring (bicyclic) bond motifs is 1. The maximum atomic E-state index is 8.65. The van der Waals surface area contributed by atoms with Crippen LogP contribution < -0.4 is 9.47 Å². The third kappa shape index (κ3) is 4.16. The predicted molar refractivity (Wildman–Crippen MR) is 99.4 cm³/mol. The lowest BCUT2D eigenvalue weighted by atomic mass is 9.98. The minimum absolute atomic E-state index is 0.681. The van der Waals surface area contributed by atoms with Gasteiger partial charge in [0.15, 0.2) is 17.3 Å². The minimum atomic E-state index is 0.681. The summed E-state index contributed by atoms with van der Waals surface area (Å²) in [7, 11) is 3.36. The smallest absolute Gasteiger partial charge is 0.161 e. The highest BCUT2D eigenvalue weighted by atomic mass is 16.5. The molecule has 0 unspecified atom stereocenters. The second-order valence-corrected chi connectivity index (χ2v) is 6.43. The van der Waals surface area contributed by atoms with Crippen molar-refractivity contribution in [1.82, 2.24) is 14.5 Å². The van der Waals surface area contributed by atoms with Crippen molar-refractivity contribution >= 4 is 6.21 Å². The van der Waals surface area contributed by atoms with E-state index in [4.69, 9.17) is 14.7 Å². The topological polar surface area (TPSA) is 72.1 Å². The van der Waals surface area contributed by atoms with Crippen LogP contribution in [0.5, 0.6) is 11.5 Å². The van der Waals surface area contributed by atoms with Crippen molar-refractivity contribution in [2.45, 2.75) is 32.4 Å². The molecule has 0 aliphatic carbocycles. The zero-order valence-corrected chi connectivity index (χ0v) is 15.4. The second kappa shape index (κ2) is 8.71. The molecule has 0 saturated carbocycles. The van der Waals surface area contributed by atoms with Gasteiger partial charge < -0.3 is 19.2 Å². The summed E-state index contributed by atoms with van der Waals surface area (Å²) in [4.78, 5) is 6.64. The summed E-state index contributed by atoms with van der Waals surface area (Å²) in [6.07, 6.45) is 8.19. The lowest BCUT2D eigenvalue weighted by Crippen LogP contribution is -2.31. The standard InChI is InChI=1S/C19H26N4O3/c1-25-17-11-15-5-9-22(14-16(15)12-18(17)26-2)7-3-4-8-23-10-6-20-19(23)13-21-24/h6,10-13,24H,3-5,7-9,14H2,1-2H3/b21-13+. The quantitative estimate of drug-likeness (QED) is 0.340. The van der Waals surface area contributed by atoms with Gasteiger partial charge >= 0.3 is 0 Å². The van der Waals surface area contributed by atoms with Gasteiger partial charge in [0.25, 0.3) is 0 Å². The summed E-state index contributed by atoms with van der Waals surface area (Å²) in [5.74, 6) is 2.29. The van der Waals surface area contributed by atoms with Crippen molar-refractivity contribution in [2.75, 3.05) is 27.3 Å². The molecule has 1 aliphatic rings. The summed E-state index contributed by atoms with van der Waals surface area (Å²) in [5, 5.41) is 11.7. The molecule has 1 aromatic heterocycles. The van der Waals surface area contributed by atoms with Crippen LogP contribution in [0.3, 0.4) is 0 Å². The maximum absolute atomic E-state index is 8.65. The number of imidazole rings is 1. The fourth-order valence-corrected chi connectivity index (χ4v) is 3.44. The lowest BCUT2D eigenvalue weighted by molar-refractivity contribution is 0.246. The fraction of sp³-hybridized carbons (Fsp3) is 0.474. The number of aromatic nitrogens is 2. The Bertz CT molecular complexity index is 757. The zero-order valence-electron chi connectivity index (χ0n) is 15.4.